The molecule has 0 aliphatic carbocycles. The van der Waals surface area contributed by atoms with Gasteiger partial charge in [-0.3, -0.25) is 9.59 Å². The first-order valence-corrected chi connectivity index (χ1v) is 21.0. The number of allylic oxidation sites excluding steroid dienone is 1. The predicted molar refractivity (Wildman–Crippen MR) is 230 cm³/mol. The molecule has 2 aromatic heterocycles. The summed E-state index contributed by atoms with van der Waals surface area (Å²) >= 11 is 0. The topological polar surface area (TPSA) is 198 Å². The molecule has 15 nitrogen and oxygen atoms in total. The third-order valence-corrected chi connectivity index (χ3v) is 11.7. The van der Waals surface area contributed by atoms with Crippen LogP contribution in [0.1, 0.15) is 94.4 Å². The molecular weight excluding hydrogens is 775 g/mol. The highest BCUT2D eigenvalue weighted by atomic mass is 16.5. The summed E-state index contributed by atoms with van der Waals surface area (Å²) in [5.41, 5.74) is 7.14. The molecule has 0 radical (unpaired) electrons. The van der Waals surface area contributed by atoms with Gasteiger partial charge in [0.2, 0.25) is 11.8 Å². The number of nitrogens with one attached hydrogen (secondary N) is 4. The van der Waals surface area contributed by atoms with Crippen LogP contribution >= 0.6 is 0 Å². The summed E-state index contributed by atoms with van der Waals surface area (Å²) in [5.74, 6) is 0.252. The lowest BCUT2D eigenvalue weighted by Crippen LogP contribution is -2.51. The number of rotatable bonds is 14. The number of carbonyl (C=O) groups excluding carboxylic acids is 4. The molecule has 4 aromatic rings. The van der Waals surface area contributed by atoms with Crippen molar-refractivity contribution < 1.29 is 28.7 Å². The first kappa shape index (κ1) is 44.1. The number of aromatic nitrogens is 4. The summed E-state index contributed by atoms with van der Waals surface area (Å²) in [5, 5.41) is 15.1. The third-order valence-electron chi connectivity index (χ3n) is 11.7. The largest absolute Gasteiger partial charge is 0.453 e. The highest BCUT2D eigenvalue weighted by molar-refractivity contribution is 5.87. The fourth-order valence-electron chi connectivity index (χ4n) is 8.21. The van der Waals surface area contributed by atoms with Crippen molar-refractivity contribution in [1.82, 2.24) is 40.4 Å². The van der Waals surface area contributed by atoms with Crippen LogP contribution in [-0.2, 0) is 31.9 Å². The van der Waals surface area contributed by atoms with Gasteiger partial charge in [0, 0.05) is 31.4 Å². The molecule has 2 aliphatic rings. The number of aromatic amines is 2. The van der Waals surface area contributed by atoms with Gasteiger partial charge < -0.3 is 39.9 Å². The van der Waals surface area contributed by atoms with E-state index in [1.807, 2.05) is 50.9 Å². The lowest BCUT2D eigenvalue weighted by atomic mass is 9.96. The zero-order valence-corrected chi connectivity index (χ0v) is 36.0. The number of nitriles is 1. The molecule has 0 unspecified atom stereocenters. The van der Waals surface area contributed by atoms with Crippen molar-refractivity contribution in [3.63, 3.8) is 0 Å². The van der Waals surface area contributed by atoms with E-state index in [1.165, 1.54) is 19.8 Å². The molecule has 61 heavy (non-hydrogen) atoms. The number of carbonyl (C=O) groups is 4. The number of amides is 4. The molecule has 2 aliphatic heterocycles. The monoisotopic (exact) mass is 831 g/mol. The summed E-state index contributed by atoms with van der Waals surface area (Å²) in [7, 11) is 2.55. The Bertz CT molecular complexity index is 2250. The van der Waals surface area contributed by atoms with Crippen molar-refractivity contribution >= 4 is 30.1 Å². The van der Waals surface area contributed by atoms with E-state index in [0.717, 1.165) is 58.7 Å². The Hall–Kier alpha value is -6.43. The highest BCUT2D eigenvalue weighted by Gasteiger charge is 2.42. The van der Waals surface area contributed by atoms with E-state index in [4.69, 9.17) is 9.47 Å². The molecule has 4 amide bonds. The number of hydrogen-bond donors (Lipinski definition) is 4. The van der Waals surface area contributed by atoms with E-state index in [1.54, 1.807) is 11.1 Å². The molecule has 0 saturated carbocycles. The second-order valence-corrected chi connectivity index (χ2v) is 16.4. The van der Waals surface area contributed by atoms with Crippen LogP contribution in [-0.4, -0.2) is 93.1 Å². The molecule has 4 heterocycles. The molecule has 5 atom stereocenters. The minimum atomic E-state index is -0.807. The van der Waals surface area contributed by atoms with Crippen LogP contribution < -0.4 is 10.6 Å². The van der Waals surface area contributed by atoms with Crippen molar-refractivity contribution in [3.05, 3.63) is 89.4 Å². The van der Waals surface area contributed by atoms with Crippen molar-refractivity contribution in [2.45, 2.75) is 90.9 Å². The maximum atomic E-state index is 13.7. The van der Waals surface area contributed by atoms with Crippen LogP contribution in [0.3, 0.4) is 0 Å². The number of H-pyrrole nitrogens is 2. The minimum absolute atomic E-state index is 0.106. The molecule has 0 bridgehead atoms. The maximum Gasteiger partial charge on any atom is 0.407 e. The van der Waals surface area contributed by atoms with E-state index in [-0.39, 0.29) is 42.2 Å². The average Bonchev–Trinajstić information content (AvgIpc) is 4.11. The fourth-order valence-corrected chi connectivity index (χ4v) is 8.21. The van der Waals surface area contributed by atoms with Gasteiger partial charge >= 0.3 is 12.2 Å². The van der Waals surface area contributed by atoms with Gasteiger partial charge in [-0.05, 0) is 71.4 Å². The van der Waals surface area contributed by atoms with E-state index in [0.29, 0.717) is 25.2 Å². The van der Waals surface area contributed by atoms with Crippen LogP contribution in [0.4, 0.5) is 9.59 Å². The van der Waals surface area contributed by atoms with Crippen molar-refractivity contribution in [3.8, 4) is 28.5 Å². The Kier molecular flexibility index (Phi) is 14.3. The second-order valence-electron chi connectivity index (χ2n) is 16.4. The number of hydrogen-bond acceptors (Lipinski definition) is 9. The van der Waals surface area contributed by atoms with Crippen LogP contribution in [0.25, 0.3) is 28.5 Å². The van der Waals surface area contributed by atoms with Gasteiger partial charge in [0.15, 0.2) is 0 Å². The average molecular weight is 832 g/mol. The molecule has 0 spiro atoms. The Balaban J connectivity index is 1.12. The van der Waals surface area contributed by atoms with Gasteiger partial charge in [0.1, 0.15) is 23.7 Å². The second kappa shape index (κ2) is 19.8. The van der Waals surface area contributed by atoms with E-state index in [9.17, 15) is 24.4 Å². The van der Waals surface area contributed by atoms with Crippen LogP contribution in [0.5, 0.6) is 0 Å². The number of aryl methyl sites for hydroxylation is 1. The number of benzene rings is 2. The molecule has 15 heteroatoms. The van der Waals surface area contributed by atoms with Gasteiger partial charge in [0.25, 0.3) is 0 Å². The van der Waals surface area contributed by atoms with Gasteiger partial charge in [-0.2, -0.15) is 5.26 Å². The van der Waals surface area contributed by atoms with Crippen LogP contribution in [0, 0.1) is 29.1 Å². The normalized spacial score (nSPS) is 18.7. The van der Waals surface area contributed by atoms with Crippen molar-refractivity contribution in [2.24, 2.45) is 17.8 Å². The SMILES string of the molecule is CCc1ccc(-c2ccc(-c3cnc([C@@H]4C[C@@H](C#N)CN4C(=O)[C@@H](NC(=O)OC)C(C)C)[nH]3)cc2)cc1/C=C\Cc1cnc([C@@H]2CCCN2C(=O)[C@@H](NC(=O)OC)C(C)C)[nH]1. The number of nitrogens with zero attached hydrogens (tertiary/aromatic N) is 5. The lowest BCUT2D eigenvalue weighted by molar-refractivity contribution is -0.136. The summed E-state index contributed by atoms with van der Waals surface area (Å²) < 4.78 is 9.52. The van der Waals surface area contributed by atoms with E-state index in [2.05, 4.69) is 86.0 Å². The minimum Gasteiger partial charge on any atom is -0.453 e. The molecule has 4 N–H and O–H groups in total. The number of ether oxygens (including phenoxy) is 2. The fraction of sp³-hybridized carbons (Fsp3) is 0.457. The number of likely N-dealkylation sites (tertiary alicyclic amines) is 2. The Morgan fingerprint density at radius 1 is 0.852 bits per heavy atom. The smallest absolute Gasteiger partial charge is 0.407 e. The molecule has 2 fully saturated rings. The first-order valence-electron chi connectivity index (χ1n) is 21.0. The van der Waals surface area contributed by atoms with Gasteiger partial charge in [-0.25, -0.2) is 19.6 Å². The number of imidazole rings is 2. The standard InChI is InChI=1S/C46H57N9O6/c1-8-30-14-19-34(22-33(30)11-9-12-35-24-48-41(50-35)37-13-10-20-54(37)43(56)39(27(2)3)52-45(58)60-6)31-15-17-32(18-16-31)36-25-49-42(51-36)38-21-29(23-47)26-55(38)44(57)40(28(4)5)53-46(59)61-7/h9,11,14-19,22,24-25,27-29,37-40H,8,10,12-13,20-21,26H2,1-7H3,(H,48,50)(H,49,51)(H,52,58)(H,53,59)/b11-9-/t29-,37-,38-,39-,40-/m0/s1. The van der Waals surface area contributed by atoms with Gasteiger partial charge in [0.05, 0.1) is 50.2 Å². The molecular formula is C46H57N9O6. The zero-order valence-electron chi connectivity index (χ0n) is 36.0. The molecule has 2 aromatic carbocycles. The summed E-state index contributed by atoms with van der Waals surface area (Å²) in [6.07, 6.45) is 10.1. The third kappa shape index (κ3) is 10.1. The molecule has 6 rings (SSSR count). The van der Waals surface area contributed by atoms with Crippen molar-refractivity contribution in [2.75, 3.05) is 27.3 Å². The Labute approximate surface area is 357 Å². The van der Waals surface area contributed by atoms with E-state index >= 15 is 0 Å². The lowest BCUT2D eigenvalue weighted by Gasteiger charge is -2.30. The van der Waals surface area contributed by atoms with Crippen molar-refractivity contribution in [1.29, 1.82) is 5.26 Å². The number of alkyl carbamates (subject to hydrolysis) is 2. The van der Waals surface area contributed by atoms with E-state index < -0.39 is 30.3 Å². The van der Waals surface area contributed by atoms with Crippen LogP contribution in [0.15, 0.2) is 60.9 Å². The molecule has 322 valence electrons. The molecule has 2 saturated heterocycles. The number of methoxy groups -OCH3 is 2. The Morgan fingerprint density at radius 2 is 1.46 bits per heavy atom. The predicted octanol–water partition coefficient (Wildman–Crippen LogP) is 7.12. The van der Waals surface area contributed by atoms with Gasteiger partial charge in [-0.15, -0.1) is 0 Å². The van der Waals surface area contributed by atoms with Gasteiger partial charge in [-0.1, -0.05) is 83.2 Å². The summed E-state index contributed by atoms with van der Waals surface area (Å²) in [6, 6.07) is 14.9. The maximum absolute atomic E-state index is 13.7. The highest BCUT2D eigenvalue weighted by Crippen LogP contribution is 2.36. The summed E-state index contributed by atoms with van der Waals surface area (Å²) in [4.78, 5) is 70.9. The first-order chi connectivity index (χ1) is 29.3. The Morgan fingerprint density at radius 3 is 2.08 bits per heavy atom. The van der Waals surface area contributed by atoms with Crippen LogP contribution in [0.2, 0.25) is 0 Å². The summed E-state index contributed by atoms with van der Waals surface area (Å²) in [6.45, 7) is 10.5. The zero-order chi connectivity index (χ0) is 43.8. The quantitative estimate of drug-likeness (QED) is 0.102.